The number of fused-ring (bicyclic) bond motifs is 1. The molecule has 0 radical (unpaired) electrons. The van der Waals surface area contributed by atoms with Crippen LogP contribution in [-0.4, -0.2) is 56.8 Å². The summed E-state index contributed by atoms with van der Waals surface area (Å²) in [6, 6.07) is 5.98. The average molecular weight is 502 g/mol. The summed E-state index contributed by atoms with van der Waals surface area (Å²) in [5, 5.41) is 6.74. The van der Waals surface area contributed by atoms with E-state index in [4.69, 9.17) is 14.5 Å². The zero-order valence-electron chi connectivity index (χ0n) is 17.2. The van der Waals surface area contributed by atoms with E-state index in [9.17, 15) is 0 Å². The fourth-order valence-corrected chi connectivity index (χ4v) is 3.64. The van der Waals surface area contributed by atoms with E-state index >= 15 is 0 Å². The third-order valence-electron chi connectivity index (χ3n) is 5.32. The van der Waals surface area contributed by atoms with Crippen LogP contribution in [0.4, 0.5) is 5.69 Å². The van der Waals surface area contributed by atoms with Crippen LogP contribution in [0.3, 0.4) is 0 Å². The number of nitrogens with one attached hydrogen (secondary N) is 2. The largest absolute Gasteiger partial charge is 0.490 e. The molecular formula is C21H35IN4O2. The van der Waals surface area contributed by atoms with Crippen LogP contribution < -0.4 is 20.1 Å². The Morgan fingerprint density at radius 2 is 1.89 bits per heavy atom. The van der Waals surface area contributed by atoms with E-state index in [1.54, 1.807) is 0 Å². The third-order valence-corrected chi connectivity index (χ3v) is 5.32. The van der Waals surface area contributed by atoms with Crippen molar-refractivity contribution < 1.29 is 9.47 Å². The molecule has 7 heteroatoms. The van der Waals surface area contributed by atoms with Gasteiger partial charge in [-0.3, -0.25) is 4.99 Å². The van der Waals surface area contributed by atoms with Crippen LogP contribution in [0.5, 0.6) is 11.5 Å². The van der Waals surface area contributed by atoms with Crippen molar-refractivity contribution >= 4 is 35.6 Å². The fraction of sp³-hybridized carbons (Fsp3) is 0.667. The highest BCUT2D eigenvalue weighted by molar-refractivity contribution is 14.0. The summed E-state index contributed by atoms with van der Waals surface area (Å²) < 4.78 is 11.5. The summed E-state index contributed by atoms with van der Waals surface area (Å²) in [6.07, 6.45) is 4.68. The topological polar surface area (TPSA) is 58.1 Å². The quantitative estimate of drug-likeness (QED) is 0.351. The summed E-state index contributed by atoms with van der Waals surface area (Å²) in [6.45, 7) is 11.1. The van der Waals surface area contributed by atoms with E-state index in [0.29, 0.717) is 13.2 Å². The SMILES string of the molecule is CCNC(=NCCC1CCN(CC)CC1)Nc1ccc2c(c1)OCCCO2.I. The van der Waals surface area contributed by atoms with Gasteiger partial charge in [0, 0.05) is 31.3 Å². The second-order valence-electron chi connectivity index (χ2n) is 7.26. The van der Waals surface area contributed by atoms with Crippen molar-refractivity contribution in [3.8, 4) is 11.5 Å². The number of benzene rings is 1. The Bertz CT molecular complexity index is 618. The Hall–Kier alpha value is -1.22. The maximum atomic E-state index is 5.78. The van der Waals surface area contributed by atoms with Crippen LogP contribution in [0.1, 0.15) is 39.5 Å². The van der Waals surface area contributed by atoms with Gasteiger partial charge in [-0.15, -0.1) is 24.0 Å². The minimum Gasteiger partial charge on any atom is -0.490 e. The lowest BCUT2D eigenvalue weighted by Crippen LogP contribution is -2.34. The van der Waals surface area contributed by atoms with Crippen LogP contribution in [0.25, 0.3) is 0 Å². The van der Waals surface area contributed by atoms with Gasteiger partial charge in [0.25, 0.3) is 0 Å². The van der Waals surface area contributed by atoms with Crippen LogP contribution in [0.15, 0.2) is 23.2 Å². The first-order valence-corrected chi connectivity index (χ1v) is 10.5. The summed E-state index contributed by atoms with van der Waals surface area (Å²) in [7, 11) is 0. The minimum atomic E-state index is 0. The molecule has 0 aliphatic carbocycles. The Labute approximate surface area is 186 Å². The molecule has 28 heavy (non-hydrogen) atoms. The number of ether oxygens (including phenoxy) is 2. The lowest BCUT2D eigenvalue weighted by Gasteiger charge is -2.30. The van der Waals surface area contributed by atoms with Crippen molar-refractivity contribution in [3.05, 3.63) is 18.2 Å². The van der Waals surface area contributed by atoms with Gasteiger partial charge in [0.1, 0.15) is 0 Å². The highest BCUT2D eigenvalue weighted by Crippen LogP contribution is 2.32. The average Bonchev–Trinajstić information content (AvgIpc) is 2.93. The molecule has 2 aliphatic rings. The van der Waals surface area contributed by atoms with Crippen LogP contribution >= 0.6 is 24.0 Å². The number of halogens is 1. The lowest BCUT2D eigenvalue weighted by molar-refractivity contribution is 0.188. The minimum absolute atomic E-state index is 0. The van der Waals surface area contributed by atoms with Gasteiger partial charge in [0.15, 0.2) is 17.5 Å². The van der Waals surface area contributed by atoms with Gasteiger partial charge >= 0.3 is 0 Å². The van der Waals surface area contributed by atoms with Crippen molar-refractivity contribution in [1.29, 1.82) is 0 Å². The summed E-state index contributed by atoms with van der Waals surface area (Å²) >= 11 is 0. The molecule has 2 N–H and O–H groups in total. The Balaban J connectivity index is 0.00000280. The zero-order chi connectivity index (χ0) is 18.9. The normalized spacial score (nSPS) is 18.1. The predicted octanol–water partition coefficient (Wildman–Crippen LogP) is 3.97. The molecule has 0 unspecified atom stereocenters. The molecule has 0 saturated carbocycles. The van der Waals surface area contributed by atoms with E-state index in [0.717, 1.165) is 55.0 Å². The van der Waals surface area contributed by atoms with Gasteiger partial charge in [0.2, 0.25) is 0 Å². The van der Waals surface area contributed by atoms with E-state index in [-0.39, 0.29) is 24.0 Å². The van der Waals surface area contributed by atoms with Crippen molar-refractivity contribution in [1.82, 2.24) is 10.2 Å². The number of rotatable bonds is 6. The number of nitrogens with zero attached hydrogens (tertiary/aromatic N) is 2. The van der Waals surface area contributed by atoms with Crippen LogP contribution in [0.2, 0.25) is 0 Å². The van der Waals surface area contributed by atoms with Crippen LogP contribution in [0, 0.1) is 5.92 Å². The molecule has 1 aromatic carbocycles. The summed E-state index contributed by atoms with van der Waals surface area (Å²) in [5.41, 5.74) is 0.968. The van der Waals surface area contributed by atoms with E-state index in [1.165, 1.54) is 32.5 Å². The molecular weight excluding hydrogens is 467 g/mol. The molecule has 2 heterocycles. The van der Waals surface area contributed by atoms with Gasteiger partial charge in [-0.2, -0.15) is 0 Å². The molecule has 0 aromatic heterocycles. The number of likely N-dealkylation sites (tertiary alicyclic amines) is 1. The number of guanidine groups is 1. The molecule has 6 nitrogen and oxygen atoms in total. The van der Waals surface area contributed by atoms with Crippen molar-refractivity contribution in [2.24, 2.45) is 10.9 Å². The van der Waals surface area contributed by atoms with Gasteiger partial charge < -0.3 is 25.0 Å². The fourth-order valence-electron chi connectivity index (χ4n) is 3.64. The smallest absolute Gasteiger partial charge is 0.195 e. The van der Waals surface area contributed by atoms with Crippen molar-refractivity contribution in [3.63, 3.8) is 0 Å². The molecule has 1 saturated heterocycles. The molecule has 1 fully saturated rings. The maximum Gasteiger partial charge on any atom is 0.195 e. The molecule has 2 aliphatic heterocycles. The van der Waals surface area contributed by atoms with E-state index in [2.05, 4.69) is 29.4 Å². The highest BCUT2D eigenvalue weighted by atomic mass is 127. The third kappa shape index (κ3) is 6.99. The van der Waals surface area contributed by atoms with Crippen molar-refractivity contribution in [2.75, 3.05) is 51.3 Å². The first-order valence-electron chi connectivity index (χ1n) is 10.5. The summed E-state index contributed by atoms with van der Waals surface area (Å²) in [5.74, 6) is 3.25. The second-order valence-corrected chi connectivity index (χ2v) is 7.26. The van der Waals surface area contributed by atoms with Gasteiger partial charge in [-0.1, -0.05) is 6.92 Å². The molecule has 3 rings (SSSR count). The number of aliphatic imine (C=N–C) groups is 1. The number of piperidine rings is 1. The van der Waals surface area contributed by atoms with E-state index in [1.807, 2.05) is 18.2 Å². The molecule has 0 atom stereocenters. The molecule has 1 aromatic rings. The molecule has 158 valence electrons. The Morgan fingerprint density at radius 3 is 2.61 bits per heavy atom. The van der Waals surface area contributed by atoms with E-state index < -0.39 is 0 Å². The van der Waals surface area contributed by atoms with Gasteiger partial charge in [-0.05, 0) is 63.9 Å². The zero-order valence-corrected chi connectivity index (χ0v) is 19.5. The Morgan fingerprint density at radius 1 is 1.14 bits per heavy atom. The predicted molar refractivity (Wildman–Crippen MR) is 127 cm³/mol. The first kappa shape index (κ1) is 23.1. The summed E-state index contributed by atoms with van der Waals surface area (Å²) in [4.78, 5) is 7.32. The molecule has 0 bridgehead atoms. The monoisotopic (exact) mass is 502 g/mol. The standard InChI is InChI=1S/C21H34N4O2.HI/c1-3-22-21(23-11-8-17-9-12-25(4-2)13-10-17)24-18-6-7-19-20(16-18)27-15-5-14-26-19;/h6-7,16-17H,3-5,8-15H2,1-2H3,(H2,22,23,24);1H. The van der Waals surface area contributed by atoms with Gasteiger partial charge in [-0.25, -0.2) is 0 Å². The maximum absolute atomic E-state index is 5.78. The van der Waals surface area contributed by atoms with Gasteiger partial charge in [0.05, 0.1) is 13.2 Å². The van der Waals surface area contributed by atoms with Crippen molar-refractivity contribution in [2.45, 2.75) is 39.5 Å². The Kier molecular flexibility index (Phi) is 10.2. The molecule has 0 spiro atoms. The van der Waals surface area contributed by atoms with Crippen LogP contribution in [-0.2, 0) is 0 Å². The number of hydrogen-bond acceptors (Lipinski definition) is 4. The second kappa shape index (κ2) is 12.4. The lowest BCUT2D eigenvalue weighted by atomic mass is 9.94. The number of anilines is 1. The molecule has 0 amide bonds. The number of hydrogen-bond donors (Lipinski definition) is 2. The first-order chi connectivity index (χ1) is 13.3. The highest BCUT2D eigenvalue weighted by Gasteiger charge is 2.17.